The number of likely N-dealkylation sites (tertiary alicyclic amines) is 1. The van der Waals surface area contributed by atoms with Gasteiger partial charge in [-0.15, -0.1) is 0 Å². The Balaban J connectivity index is 1.47. The molecule has 1 N–H and O–H groups in total. The highest BCUT2D eigenvalue weighted by Gasteiger charge is 2.28. The van der Waals surface area contributed by atoms with E-state index in [9.17, 15) is 14.4 Å². The smallest absolute Gasteiger partial charge is 0.308 e. The molecule has 2 aliphatic heterocycles. The lowest BCUT2D eigenvalue weighted by atomic mass is 9.98. The van der Waals surface area contributed by atoms with Gasteiger partial charge in [-0.05, 0) is 37.5 Å². The largest absolute Gasteiger partial charge is 0.484 e. The van der Waals surface area contributed by atoms with Crippen LogP contribution in [0.4, 0.5) is 0 Å². The number of rotatable bonds is 4. The van der Waals surface area contributed by atoms with Gasteiger partial charge in [-0.2, -0.15) is 0 Å². The van der Waals surface area contributed by atoms with Gasteiger partial charge in [0, 0.05) is 26.1 Å². The van der Waals surface area contributed by atoms with Gasteiger partial charge in [0.1, 0.15) is 11.6 Å². The van der Waals surface area contributed by atoms with E-state index in [1.165, 1.54) is 4.90 Å². The van der Waals surface area contributed by atoms with Crippen LogP contribution < -0.4 is 10.3 Å². The molecule has 8 heteroatoms. The molecule has 0 aliphatic carbocycles. The predicted octanol–water partition coefficient (Wildman–Crippen LogP) is 1.04. The molecular weight excluding hydrogens is 350 g/mol. The van der Waals surface area contributed by atoms with Crippen LogP contribution in [0.2, 0.25) is 0 Å². The molecule has 8 nitrogen and oxygen atoms in total. The highest BCUT2D eigenvalue weighted by atomic mass is 16.5. The molecule has 2 aliphatic rings. The second kappa shape index (κ2) is 7.02. The van der Waals surface area contributed by atoms with Crippen LogP contribution in [0.15, 0.2) is 23.0 Å². The molecule has 1 atom stereocenters. The number of amides is 1. The minimum absolute atomic E-state index is 0.0791. The molecule has 0 bridgehead atoms. The fourth-order valence-corrected chi connectivity index (χ4v) is 3.79. The van der Waals surface area contributed by atoms with E-state index in [1.54, 1.807) is 22.8 Å². The lowest BCUT2D eigenvalue weighted by Gasteiger charge is -2.30. The van der Waals surface area contributed by atoms with E-state index < -0.39 is 11.9 Å². The fourth-order valence-electron chi connectivity index (χ4n) is 3.79. The molecule has 142 valence electrons. The summed E-state index contributed by atoms with van der Waals surface area (Å²) in [6, 6.07) is 5.06. The molecule has 3 heterocycles. The molecule has 1 amide bonds. The van der Waals surface area contributed by atoms with Gasteiger partial charge in [0.05, 0.1) is 16.8 Å². The van der Waals surface area contributed by atoms with Crippen molar-refractivity contribution < 1.29 is 19.4 Å². The summed E-state index contributed by atoms with van der Waals surface area (Å²) in [5.41, 5.74) is 0.553. The third kappa shape index (κ3) is 3.39. The third-order valence-corrected chi connectivity index (χ3v) is 5.27. The van der Waals surface area contributed by atoms with Crippen molar-refractivity contribution in [3.8, 4) is 5.75 Å². The first-order chi connectivity index (χ1) is 13.0. The number of nitrogens with zero attached hydrogens (tertiary/aromatic N) is 3. The van der Waals surface area contributed by atoms with Crippen molar-refractivity contribution in [3.63, 3.8) is 0 Å². The molecule has 27 heavy (non-hydrogen) atoms. The molecule has 1 fully saturated rings. The first-order valence-electron chi connectivity index (χ1n) is 9.20. The number of benzene rings is 1. The second-order valence-corrected chi connectivity index (χ2v) is 7.07. The minimum atomic E-state index is -0.872. The lowest BCUT2D eigenvalue weighted by Crippen LogP contribution is -2.44. The van der Waals surface area contributed by atoms with Gasteiger partial charge in [-0.3, -0.25) is 19.0 Å². The quantitative estimate of drug-likeness (QED) is 0.862. The molecule has 1 aromatic carbocycles. The van der Waals surface area contributed by atoms with Crippen LogP contribution in [0.1, 0.15) is 25.1 Å². The molecular formula is C19H21N3O5. The van der Waals surface area contributed by atoms with Gasteiger partial charge in [-0.25, -0.2) is 4.98 Å². The van der Waals surface area contributed by atoms with Crippen molar-refractivity contribution in [2.24, 2.45) is 5.92 Å². The van der Waals surface area contributed by atoms with Crippen molar-refractivity contribution in [2.45, 2.75) is 32.2 Å². The van der Waals surface area contributed by atoms with Crippen molar-refractivity contribution in [3.05, 3.63) is 34.4 Å². The Morgan fingerprint density at radius 1 is 1.26 bits per heavy atom. The molecule has 0 radical (unpaired) electrons. The van der Waals surface area contributed by atoms with E-state index in [-0.39, 0.29) is 24.6 Å². The summed E-state index contributed by atoms with van der Waals surface area (Å²) in [6.45, 7) is 1.26. The Morgan fingerprint density at radius 2 is 2.11 bits per heavy atom. The van der Waals surface area contributed by atoms with E-state index in [1.807, 2.05) is 0 Å². The van der Waals surface area contributed by atoms with Crippen LogP contribution >= 0.6 is 0 Å². The Morgan fingerprint density at radius 3 is 2.93 bits per heavy atom. The van der Waals surface area contributed by atoms with Crippen LogP contribution in [-0.4, -0.2) is 51.1 Å². The minimum Gasteiger partial charge on any atom is -0.484 e. The van der Waals surface area contributed by atoms with Gasteiger partial charge < -0.3 is 14.7 Å². The van der Waals surface area contributed by atoms with E-state index in [0.717, 1.165) is 18.7 Å². The first kappa shape index (κ1) is 17.5. The second-order valence-electron chi connectivity index (χ2n) is 7.07. The molecule has 1 aromatic heterocycles. The van der Waals surface area contributed by atoms with Crippen LogP contribution in [0.5, 0.6) is 5.75 Å². The van der Waals surface area contributed by atoms with E-state index >= 15 is 0 Å². The van der Waals surface area contributed by atoms with E-state index in [0.29, 0.717) is 42.6 Å². The van der Waals surface area contributed by atoms with Crippen molar-refractivity contribution in [2.75, 3.05) is 19.7 Å². The van der Waals surface area contributed by atoms with Crippen molar-refractivity contribution in [1.82, 2.24) is 14.5 Å². The molecule has 1 saturated heterocycles. The number of hydrogen-bond donors (Lipinski definition) is 1. The summed E-state index contributed by atoms with van der Waals surface area (Å²) in [4.78, 5) is 42.1. The zero-order valence-corrected chi connectivity index (χ0v) is 14.9. The highest BCUT2D eigenvalue weighted by molar-refractivity contribution is 5.81. The maximum absolute atomic E-state index is 12.6. The van der Waals surface area contributed by atoms with Crippen LogP contribution in [0.3, 0.4) is 0 Å². The number of aliphatic carboxylic acids is 1. The SMILES string of the molecule is O=C(O)[C@@H]1CCCN(C(=O)COc2ccc3nc4n(c(=O)c3c2)CCC4)C1. The van der Waals surface area contributed by atoms with Gasteiger partial charge in [0.25, 0.3) is 11.5 Å². The van der Waals surface area contributed by atoms with Crippen LogP contribution in [0.25, 0.3) is 10.9 Å². The maximum Gasteiger partial charge on any atom is 0.308 e. The van der Waals surface area contributed by atoms with Crippen molar-refractivity contribution in [1.29, 1.82) is 0 Å². The molecule has 2 aromatic rings. The summed E-state index contributed by atoms with van der Waals surface area (Å²) >= 11 is 0. The van der Waals surface area contributed by atoms with Crippen molar-refractivity contribution >= 4 is 22.8 Å². The highest BCUT2D eigenvalue weighted by Crippen LogP contribution is 2.21. The lowest BCUT2D eigenvalue weighted by molar-refractivity contribution is -0.146. The molecule has 0 spiro atoms. The normalized spacial score (nSPS) is 19.1. The number of carbonyl (C=O) groups excluding carboxylic acids is 1. The summed E-state index contributed by atoms with van der Waals surface area (Å²) in [5.74, 6) is -0.389. The monoisotopic (exact) mass is 371 g/mol. The number of fused-ring (bicyclic) bond motifs is 2. The number of carbonyl (C=O) groups is 2. The van der Waals surface area contributed by atoms with Gasteiger partial charge in [0.15, 0.2) is 6.61 Å². The zero-order chi connectivity index (χ0) is 19.0. The number of carboxylic acid groups (broad SMARTS) is 1. The number of aryl methyl sites for hydroxylation is 1. The molecule has 0 unspecified atom stereocenters. The fraction of sp³-hybridized carbons (Fsp3) is 0.474. The Hall–Kier alpha value is -2.90. The van der Waals surface area contributed by atoms with Crippen LogP contribution in [-0.2, 0) is 22.6 Å². The zero-order valence-electron chi connectivity index (χ0n) is 14.9. The number of hydrogen-bond acceptors (Lipinski definition) is 5. The summed E-state index contributed by atoms with van der Waals surface area (Å²) in [7, 11) is 0. The standard InChI is InChI=1S/C19H21N3O5/c23-17(21-7-1-3-12(10-21)19(25)26)11-27-13-5-6-15-14(9-13)18(24)22-8-2-4-16(22)20-15/h5-6,9,12H,1-4,7-8,10-11H2,(H,25,26)/t12-/m1/s1. The average Bonchev–Trinajstić information content (AvgIpc) is 3.15. The molecule has 0 saturated carbocycles. The molecule has 4 rings (SSSR count). The maximum atomic E-state index is 12.6. The Labute approximate surface area is 155 Å². The summed E-state index contributed by atoms with van der Waals surface area (Å²) < 4.78 is 7.28. The number of ether oxygens (including phenoxy) is 1. The van der Waals surface area contributed by atoms with Gasteiger partial charge in [-0.1, -0.05) is 0 Å². The van der Waals surface area contributed by atoms with E-state index in [2.05, 4.69) is 4.98 Å². The number of carboxylic acids is 1. The first-order valence-corrected chi connectivity index (χ1v) is 9.20. The van der Waals surface area contributed by atoms with E-state index in [4.69, 9.17) is 9.84 Å². The summed E-state index contributed by atoms with van der Waals surface area (Å²) in [6.07, 6.45) is 2.99. The number of aromatic nitrogens is 2. The van der Waals surface area contributed by atoms with Gasteiger partial charge in [0.2, 0.25) is 0 Å². The summed E-state index contributed by atoms with van der Waals surface area (Å²) in [5, 5.41) is 9.61. The number of piperidine rings is 1. The Kier molecular flexibility index (Phi) is 4.55. The predicted molar refractivity (Wildman–Crippen MR) is 96.8 cm³/mol. The third-order valence-electron chi connectivity index (χ3n) is 5.27. The van der Waals surface area contributed by atoms with Gasteiger partial charge >= 0.3 is 5.97 Å². The average molecular weight is 371 g/mol. The van der Waals surface area contributed by atoms with Crippen LogP contribution in [0, 0.1) is 5.92 Å². The topological polar surface area (TPSA) is 102 Å². The Bertz CT molecular complexity index is 968.